The highest BCUT2D eigenvalue weighted by atomic mass is 16.6. The fraction of sp³-hybridized carbons (Fsp3) is 0.750. The Kier molecular flexibility index (Phi) is 9.79. The Morgan fingerprint density at radius 1 is 0.958 bits per heavy atom. The van der Waals surface area contributed by atoms with Gasteiger partial charge in [-0.2, -0.15) is 0 Å². The van der Waals surface area contributed by atoms with Crippen molar-refractivity contribution in [2.45, 2.75) is 128 Å². The van der Waals surface area contributed by atoms with Crippen molar-refractivity contribution in [3.63, 3.8) is 0 Å². The number of aromatic nitrogens is 1. The van der Waals surface area contributed by atoms with Crippen molar-refractivity contribution in [1.82, 2.24) is 25.0 Å². The van der Waals surface area contributed by atoms with Gasteiger partial charge in [-0.1, -0.05) is 0 Å². The summed E-state index contributed by atoms with van der Waals surface area (Å²) in [5.74, 6) is 0.613. The molecule has 1 aromatic rings. The number of amides is 4. The average molecular weight is 667 g/mol. The standard InChI is InChI=1S/C36H54N6O6/c1-23-31-27(33(45)42(23)28-12-14-30(43)38-32(28)44)11-13-29(37-31)40-17-15-26(16-18-40)47-25-9-7-24(8-10-25)21-39-19-20-41(36(5,6)22-39)34(46)48-35(2,3)4/h11,13,23-26,28H,7-10,12,14-22H2,1-6H3,(H,38,43,44). The first-order valence-corrected chi connectivity index (χ1v) is 18.0. The number of nitrogens with one attached hydrogen (secondary N) is 1. The molecule has 2 unspecified atom stereocenters. The van der Waals surface area contributed by atoms with E-state index >= 15 is 0 Å². The number of piperidine rings is 2. The van der Waals surface area contributed by atoms with Gasteiger partial charge < -0.3 is 24.2 Å². The summed E-state index contributed by atoms with van der Waals surface area (Å²) in [6.07, 6.45) is 7.29. The Labute approximate surface area is 284 Å². The summed E-state index contributed by atoms with van der Waals surface area (Å²) in [6, 6.07) is 2.77. The molecule has 12 heteroatoms. The summed E-state index contributed by atoms with van der Waals surface area (Å²) in [7, 11) is 0. The second kappa shape index (κ2) is 13.6. The van der Waals surface area contributed by atoms with Crippen LogP contribution < -0.4 is 10.2 Å². The normalized spacial score (nSPS) is 28.8. The van der Waals surface area contributed by atoms with Crippen LogP contribution in [0.1, 0.15) is 115 Å². The zero-order valence-corrected chi connectivity index (χ0v) is 29.6. The van der Waals surface area contributed by atoms with Crippen molar-refractivity contribution in [2.75, 3.05) is 44.2 Å². The van der Waals surface area contributed by atoms with Crippen LogP contribution in [0.4, 0.5) is 10.6 Å². The van der Waals surface area contributed by atoms with Gasteiger partial charge in [0.15, 0.2) is 0 Å². The molecule has 12 nitrogen and oxygen atoms in total. The molecule has 6 rings (SSSR count). The number of fused-ring (bicyclic) bond motifs is 1. The zero-order chi connectivity index (χ0) is 34.4. The minimum Gasteiger partial charge on any atom is -0.444 e. The first-order valence-electron chi connectivity index (χ1n) is 18.0. The zero-order valence-electron chi connectivity index (χ0n) is 29.6. The maximum Gasteiger partial charge on any atom is 0.410 e. The second-order valence-corrected chi connectivity index (χ2v) is 16.1. The number of ether oxygens (including phenoxy) is 2. The van der Waals surface area contributed by atoms with E-state index in [9.17, 15) is 19.2 Å². The Hall–Kier alpha value is -3.25. The molecular weight excluding hydrogens is 612 g/mol. The van der Waals surface area contributed by atoms with Crippen molar-refractivity contribution < 1.29 is 28.7 Å². The van der Waals surface area contributed by atoms with Crippen LogP contribution in [0.5, 0.6) is 0 Å². The third-order valence-corrected chi connectivity index (χ3v) is 10.8. The van der Waals surface area contributed by atoms with Gasteiger partial charge in [-0.15, -0.1) is 0 Å². The van der Waals surface area contributed by atoms with Crippen LogP contribution in [0, 0.1) is 5.92 Å². The van der Waals surface area contributed by atoms with Gasteiger partial charge in [-0.25, -0.2) is 9.78 Å². The molecule has 4 amide bonds. The summed E-state index contributed by atoms with van der Waals surface area (Å²) in [5, 5.41) is 2.37. The van der Waals surface area contributed by atoms with E-state index in [4.69, 9.17) is 14.5 Å². The number of nitrogens with zero attached hydrogens (tertiary/aromatic N) is 5. The van der Waals surface area contributed by atoms with Gasteiger partial charge in [0.05, 0.1) is 35.0 Å². The van der Waals surface area contributed by atoms with Crippen LogP contribution in [0.3, 0.4) is 0 Å². The summed E-state index contributed by atoms with van der Waals surface area (Å²) in [5.41, 5.74) is 0.479. The summed E-state index contributed by atoms with van der Waals surface area (Å²) in [6.45, 7) is 17.1. The smallest absolute Gasteiger partial charge is 0.410 e. The molecule has 2 atom stereocenters. The molecule has 5 aliphatic rings. The maximum absolute atomic E-state index is 13.2. The number of piperazine rings is 1. The molecule has 48 heavy (non-hydrogen) atoms. The first-order chi connectivity index (χ1) is 22.7. The maximum atomic E-state index is 13.2. The molecule has 4 aliphatic heterocycles. The number of pyridine rings is 1. The molecule has 0 aromatic carbocycles. The van der Waals surface area contributed by atoms with Gasteiger partial charge in [-0.05, 0) is 105 Å². The molecule has 264 valence electrons. The lowest BCUT2D eigenvalue weighted by atomic mass is 9.86. The Morgan fingerprint density at radius 2 is 1.65 bits per heavy atom. The van der Waals surface area contributed by atoms with Gasteiger partial charge in [0.2, 0.25) is 11.8 Å². The van der Waals surface area contributed by atoms with E-state index in [0.717, 1.165) is 64.2 Å². The van der Waals surface area contributed by atoms with Gasteiger partial charge in [-0.3, -0.25) is 24.6 Å². The third kappa shape index (κ3) is 7.49. The number of carbonyl (C=O) groups is 4. The van der Waals surface area contributed by atoms with Gasteiger partial charge >= 0.3 is 6.09 Å². The quantitative estimate of drug-likeness (QED) is 0.443. The van der Waals surface area contributed by atoms with Crippen molar-refractivity contribution >= 4 is 29.6 Å². The molecule has 1 aliphatic carbocycles. The molecule has 1 aromatic heterocycles. The fourth-order valence-corrected chi connectivity index (χ4v) is 8.32. The van der Waals surface area contributed by atoms with Gasteiger partial charge in [0.1, 0.15) is 17.5 Å². The number of carbonyl (C=O) groups excluding carboxylic acids is 4. The van der Waals surface area contributed by atoms with Crippen molar-refractivity contribution in [3.8, 4) is 0 Å². The number of imide groups is 1. The molecule has 0 bridgehead atoms. The minimum absolute atomic E-state index is 0.197. The van der Waals surface area contributed by atoms with Crippen LogP contribution in [0.15, 0.2) is 12.1 Å². The van der Waals surface area contributed by atoms with Crippen molar-refractivity contribution in [1.29, 1.82) is 0 Å². The lowest BCUT2D eigenvalue weighted by Crippen LogP contribution is -2.62. The van der Waals surface area contributed by atoms with Crippen LogP contribution in [-0.2, 0) is 19.1 Å². The van der Waals surface area contributed by atoms with E-state index < -0.39 is 17.6 Å². The predicted molar refractivity (Wildman–Crippen MR) is 181 cm³/mol. The lowest BCUT2D eigenvalue weighted by Gasteiger charge is -2.48. The van der Waals surface area contributed by atoms with Crippen LogP contribution in [-0.4, -0.2) is 112 Å². The van der Waals surface area contributed by atoms with E-state index in [1.54, 1.807) is 4.90 Å². The van der Waals surface area contributed by atoms with Crippen molar-refractivity contribution in [3.05, 3.63) is 23.4 Å². The second-order valence-electron chi connectivity index (χ2n) is 16.1. The lowest BCUT2D eigenvalue weighted by molar-refractivity contribution is -0.137. The SMILES string of the molecule is CC1c2nc(N3CCC(OC4CCC(CN5CCN(C(=O)OC(C)(C)C)C(C)(C)C5)CC4)CC3)ccc2C(=O)N1C1CCC(=O)NC1=O. The average Bonchev–Trinajstić information content (AvgIpc) is 3.26. The first kappa shape index (κ1) is 34.6. The topological polar surface area (TPSA) is 125 Å². The molecule has 5 heterocycles. The highest BCUT2D eigenvalue weighted by Crippen LogP contribution is 2.37. The van der Waals surface area contributed by atoms with E-state index in [-0.39, 0.29) is 42.0 Å². The monoisotopic (exact) mass is 666 g/mol. The summed E-state index contributed by atoms with van der Waals surface area (Å²) < 4.78 is 12.3. The van der Waals surface area contributed by atoms with E-state index in [1.807, 2.05) is 44.7 Å². The molecule has 0 radical (unpaired) electrons. The third-order valence-electron chi connectivity index (χ3n) is 10.8. The van der Waals surface area contributed by atoms with Gasteiger partial charge in [0, 0.05) is 45.7 Å². The van der Waals surface area contributed by atoms with Crippen LogP contribution in [0.2, 0.25) is 0 Å². The number of hydrogen-bond donors (Lipinski definition) is 1. The Bertz CT molecular complexity index is 1390. The fourth-order valence-electron chi connectivity index (χ4n) is 8.32. The van der Waals surface area contributed by atoms with Gasteiger partial charge in [0.25, 0.3) is 5.91 Å². The summed E-state index contributed by atoms with van der Waals surface area (Å²) >= 11 is 0. The largest absolute Gasteiger partial charge is 0.444 e. The Balaban J connectivity index is 0.938. The molecule has 3 saturated heterocycles. The predicted octanol–water partition coefficient (Wildman–Crippen LogP) is 4.28. The molecule has 1 saturated carbocycles. The molecule has 0 spiro atoms. The molecule has 1 N–H and O–H groups in total. The number of rotatable bonds is 6. The number of anilines is 1. The minimum atomic E-state index is -0.653. The molecular formula is C36H54N6O6. The van der Waals surface area contributed by atoms with Crippen LogP contribution in [0.25, 0.3) is 0 Å². The number of hydrogen-bond acceptors (Lipinski definition) is 9. The summed E-state index contributed by atoms with van der Waals surface area (Å²) in [4.78, 5) is 63.4. The molecule has 4 fully saturated rings. The highest BCUT2D eigenvalue weighted by Gasteiger charge is 2.44. The van der Waals surface area contributed by atoms with Crippen LogP contribution >= 0.6 is 0 Å². The van der Waals surface area contributed by atoms with E-state index in [2.05, 4.69) is 29.0 Å². The van der Waals surface area contributed by atoms with E-state index in [1.165, 1.54) is 12.8 Å². The van der Waals surface area contributed by atoms with Crippen molar-refractivity contribution in [2.24, 2.45) is 5.92 Å². The van der Waals surface area contributed by atoms with E-state index in [0.29, 0.717) is 36.2 Å². The Morgan fingerprint density at radius 3 is 2.29 bits per heavy atom. The highest BCUT2D eigenvalue weighted by molar-refractivity contribution is 6.05.